The molecule has 0 aliphatic rings. The first-order chi connectivity index (χ1) is 12.3. The summed E-state index contributed by atoms with van der Waals surface area (Å²) in [7, 11) is -2.45. The van der Waals surface area contributed by atoms with Crippen molar-refractivity contribution in [2.24, 2.45) is 0 Å². The highest BCUT2D eigenvalue weighted by atomic mass is 32.2. The Labute approximate surface area is 149 Å². The minimum Gasteiger partial charge on any atom is -0.478 e. The number of carboxylic acids is 1. The number of aryl methyl sites for hydroxylation is 1. The number of aromatic carboxylic acids is 1. The van der Waals surface area contributed by atoms with Crippen LogP contribution in [0.1, 0.15) is 29.3 Å². The predicted octanol–water partition coefficient (Wildman–Crippen LogP) is 2.50. The highest BCUT2D eigenvalue weighted by Gasteiger charge is 2.19. The second kappa shape index (κ2) is 6.54. The number of nitrogens with one attached hydrogen (secondary N) is 1. The lowest BCUT2D eigenvalue weighted by Crippen LogP contribution is -2.19. The van der Waals surface area contributed by atoms with Crippen LogP contribution in [0.25, 0.3) is 21.9 Å². The molecule has 2 aromatic carbocycles. The van der Waals surface area contributed by atoms with Crippen LogP contribution in [-0.2, 0) is 16.4 Å². The molecule has 7 nitrogen and oxygen atoms in total. The summed E-state index contributed by atoms with van der Waals surface area (Å²) >= 11 is 0. The number of carbonyl (C=O) groups is 1. The Morgan fingerprint density at radius 1 is 1.19 bits per heavy atom. The standard InChI is InChI=1S/C18H17NO6S/c1-3-4-10-7-12(26(23,24)19-2)9-14-16(20)13-8-11(18(21)22)5-6-15(13)25-17(10)14/h5-9,19H,3-4H2,1-2H3,(H,21,22). The van der Waals surface area contributed by atoms with Crippen molar-refractivity contribution < 1.29 is 22.7 Å². The van der Waals surface area contributed by atoms with Crippen molar-refractivity contribution in [3.63, 3.8) is 0 Å². The molecule has 0 bridgehead atoms. The fourth-order valence-corrected chi connectivity index (χ4v) is 3.67. The quantitative estimate of drug-likeness (QED) is 0.663. The van der Waals surface area contributed by atoms with E-state index in [0.29, 0.717) is 17.6 Å². The Morgan fingerprint density at radius 2 is 1.92 bits per heavy atom. The van der Waals surface area contributed by atoms with Crippen LogP contribution in [0.4, 0.5) is 0 Å². The van der Waals surface area contributed by atoms with Crippen LogP contribution >= 0.6 is 0 Å². The SMILES string of the molecule is CCCc1cc(S(=O)(=O)NC)cc2c(=O)c3cc(C(=O)O)ccc3oc12. The maximum absolute atomic E-state index is 12.9. The van der Waals surface area contributed by atoms with E-state index in [4.69, 9.17) is 9.52 Å². The molecule has 0 atom stereocenters. The lowest BCUT2D eigenvalue weighted by molar-refractivity contribution is 0.0697. The Hall–Kier alpha value is -2.71. The normalized spacial score (nSPS) is 11.9. The van der Waals surface area contributed by atoms with Gasteiger partial charge in [-0.3, -0.25) is 4.79 Å². The smallest absolute Gasteiger partial charge is 0.335 e. The van der Waals surface area contributed by atoms with Gasteiger partial charge >= 0.3 is 5.97 Å². The lowest BCUT2D eigenvalue weighted by Gasteiger charge is -2.10. The maximum Gasteiger partial charge on any atom is 0.335 e. The van der Waals surface area contributed by atoms with Gasteiger partial charge in [-0.05, 0) is 49.4 Å². The molecule has 8 heteroatoms. The van der Waals surface area contributed by atoms with E-state index in [0.717, 1.165) is 6.42 Å². The van der Waals surface area contributed by atoms with Crippen molar-refractivity contribution >= 4 is 37.9 Å². The molecule has 3 aromatic rings. The Kier molecular flexibility index (Phi) is 4.55. The monoisotopic (exact) mass is 375 g/mol. The number of fused-ring (bicyclic) bond motifs is 2. The summed E-state index contributed by atoms with van der Waals surface area (Å²) in [6.45, 7) is 1.93. The fraction of sp³-hybridized carbons (Fsp3) is 0.222. The third kappa shape index (κ3) is 2.97. The third-order valence-corrected chi connectivity index (χ3v) is 5.56. The van der Waals surface area contributed by atoms with Crippen LogP contribution in [-0.4, -0.2) is 26.5 Å². The van der Waals surface area contributed by atoms with Crippen molar-refractivity contribution in [2.45, 2.75) is 24.7 Å². The molecule has 2 N–H and O–H groups in total. The largest absolute Gasteiger partial charge is 0.478 e. The van der Waals surface area contributed by atoms with E-state index < -0.39 is 21.4 Å². The van der Waals surface area contributed by atoms with E-state index in [-0.39, 0.29) is 26.8 Å². The van der Waals surface area contributed by atoms with Gasteiger partial charge in [-0.25, -0.2) is 17.9 Å². The number of hydrogen-bond donors (Lipinski definition) is 2. The molecule has 0 amide bonds. The van der Waals surface area contributed by atoms with Gasteiger partial charge in [0.25, 0.3) is 0 Å². The first-order valence-corrected chi connectivity index (χ1v) is 9.47. The number of carboxylic acid groups (broad SMARTS) is 1. The third-order valence-electron chi connectivity index (χ3n) is 4.17. The van der Waals surface area contributed by atoms with Crippen LogP contribution in [0.5, 0.6) is 0 Å². The molecule has 0 aliphatic heterocycles. The molecule has 0 saturated heterocycles. The summed E-state index contributed by atoms with van der Waals surface area (Å²) in [4.78, 5) is 24.1. The fourth-order valence-electron chi connectivity index (χ4n) is 2.86. The molecule has 1 aromatic heterocycles. The van der Waals surface area contributed by atoms with Gasteiger partial charge in [-0.1, -0.05) is 13.3 Å². The summed E-state index contributed by atoms with van der Waals surface area (Å²) in [5, 5.41) is 9.33. The van der Waals surface area contributed by atoms with Gasteiger partial charge in [0.1, 0.15) is 11.2 Å². The van der Waals surface area contributed by atoms with Gasteiger partial charge in [-0.15, -0.1) is 0 Å². The minimum absolute atomic E-state index is 0.0306. The summed E-state index contributed by atoms with van der Waals surface area (Å²) in [6, 6.07) is 6.80. The van der Waals surface area contributed by atoms with E-state index in [9.17, 15) is 18.0 Å². The molecule has 3 rings (SSSR count). The highest BCUT2D eigenvalue weighted by molar-refractivity contribution is 7.89. The molecular weight excluding hydrogens is 358 g/mol. The zero-order valence-electron chi connectivity index (χ0n) is 14.2. The van der Waals surface area contributed by atoms with Crippen molar-refractivity contribution in [3.05, 3.63) is 51.7 Å². The highest BCUT2D eigenvalue weighted by Crippen LogP contribution is 2.27. The Bertz CT molecular complexity index is 1190. The Balaban J connectivity index is 2.46. The Morgan fingerprint density at radius 3 is 2.54 bits per heavy atom. The average molecular weight is 375 g/mol. The van der Waals surface area contributed by atoms with Gasteiger partial charge in [0.05, 0.1) is 21.2 Å². The molecule has 1 heterocycles. The molecule has 26 heavy (non-hydrogen) atoms. The van der Waals surface area contributed by atoms with Crippen molar-refractivity contribution in [1.29, 1.82) is 0 Å². The van der Waals surface area contributed by atoms with Crippen molar-refractivity contribution in [3.8, 4) is 0 Å². The van der Waals surface area contributed by atoms with Crippen LogP contribution in [0, 0.1) is 0 Å². The molecule has 0 fully saturated rings. The molecule has 0 saturated carbocycles. The molecule has 0 spiro atoms. The summed E-state index contributed by atoms with van der Waals surface area (Å²) in [5.41, 5.74) is 0.684. The summed E-state index contributed by atoms with van der Waals surface area (Å²) in [6.07, 6.45) is 1.27. The molecular formula is C18H17NO6S. The van der Waals surface area contributed by atoms with Gasteiger partial charge in [0.2, 0.25) is 15.5 Å². The molecule has 0 aliphatic carbocycles. The van der Waals surface area contributed by atoms with Gasteiger partial charge in [-0.2, -0.15) is 0 Å². The van der Waals surface area contributed by atoms with Crippen LogP contribution in [0.3, 0.4) is 0 Å². The van der Waals surface area contributed by atoms with Crippen LogP contribution < -0.4 is 10.2 Å². The number of rotatable bonds is 5. The maximum atomic E-state index is 12.9. The zero-order valence-corrected chi connectivity index (χ0v) is 15.0. The first-order valence-electron chi connectivity index (χ1n) is 7.99. The lowest BCUT2D eigenvalue weighted by atomic mass is 10.0. The van der Waals surface area contributed by atoms with Gasteiger partial charge in [0, 0.05) is 0 Å². The zero-order chi connectivity index (χ0) is 19.1. The van der Waals surface area contributed by atoms with Gasteiger partial charge in [0.15, 0.2) is 0 Å². The van der Waals surface area contributed by atoms with E-state index in [2.05, 4.69) is 4.72 Å². The molecule has 136 valence electrons. The predicted molar refractivity (Wildman–Crippen MR) is 97.2 cm³/mol. The summed E-state index contributed by atoms with van der Waals surface area (Å²) < 4.78 is 32.5. The number of benzene rings is 2. The number of sulfonamides is 1. The molecule has 0 radical (unpaired) electrons. The topological polar surface area (TPSA) is 114 Å². The van der Waals surface area contributed by atoms with E-state index in [1.807, 2.05) is 6.92 Å². The molecule has 0 unspecified atom stereocenters. The van der Waals surface area contributed by atoms with E-state index in [1.54, 1.807) is 0 Å². The van der Waals surface area contributed by atoms with Crippen LogP contribution in [0.2, 0.25) is 0 Å². The van der Waals surface area contributed by atoms with E-state index in [1.165, 1.54) is 37.4 Å². The minimum atomic E-state index is -3.75. The average Bonchev–Trinajstić information content (AvgIpc) is 2.62. The first kappa shape index (κ1) is 18.1. The summed E-state index contributed by atoms with van der Waals surface area (Å²) in [5.74, 6) is -1.16. The van der Waals surface area contributed by atoms with Crippen molar-refractivity contribution in [1.82, 2.24) is 4.72 Å². The van der Waals surface area contributed by atoms with E-state index >= 15 is 0 Å². The van der Waals surface area contributed by atoms with Crippen LogP contribution in [0.15, 0.2) is 44.4 Å². The second-order valence-corrected chi connectivity index (χ2v) is 7.75. The number of hydrogen-bond acceptors (Lipinski definition) is 5. The van der Waals surface area contributed by atoms with Gasteiger partial charge < -0.3 is 9.52 Å². The van der Waals surface area contributed by atoms with Crippen molar-refractivity contribution in [2.75, 3.05) is 7.05 Å². The second-order valence-electron chi connectivity index (χ2n) is 5.86.